The largest absolute Gasteiger partial charge is 0.492 e. The van der Waals surface area contributed by atoms with E-state index in [0.29, 0.717) is 22.2 Å². The van der Waals surface area contributed by atoms with Crippen molar-refractivity contribution in [2.24, 2.45) is 0 Å². The Balaban J connectivity index is 1.60. The van der Waals surface area contributed by atoms with Crippen molar-refractivity contribution in [3.8, 4) is 11.5 Å². The van der Waals surface area contributed by atoms with Crippen LogP contribution >= 0.6 is 11.6 Å². The fourth-order valence-electron chi connectivity index (χ4n) is 2.88. The van der Waals surface area contributed by atoms with Crippen LogP contribution in [-0.2, 0) is 14.8 Å². The zero-order chi connectivity index (χ0) is 21.0. The van der Waals surface area contributed by atoms with Gasteiger partial charge in [-0.15, -0.1) is 0 Å². The Morgan fingerprint density at radius 3 is 2.79 bits per heavy atom. The number of nitrogens with one attached hydrogen (secondary N) is 1. The first-order valence-electron chi connectivity index (χ1n) is 9.24. The molecule has 1 aliphatic rings. The highest BCUT2D eigenvalue weighted by Crippen LogP contribution is 2.35. The lowest BCUT2D eigenvalue weighted by molar-refractivity contribution is -0.127. The van der Waals surface area contributed by atoms with E-state index in [9.17, 15) is 13.2 Å². The molecule has 0 saturated heterocycles. The number of para-hydroxylation sites is 2. The molecular formula is C20H23ClN2O5S. The quantitative estimate of drug-likeness (QED) is 0.672. The van der Waals surface area contributed by atoms with E-state index in [2.05, 4.69) is 5.32 Å². The molecule has 0 aromatic heterocycles. The number of fused-ring (bicyclic) bond motifs is 1. The van der Waals surface area contributed by atoms with E-state index in [1.165, 1.54) is 4.31 Å². The van der Waals surface area contributed by atoms with Gasteiger partial charge in [0.15, 0.2) is 6.10 Å². The molecule has 2 aromatic carbocycles. The normalized spacial score (nSPS) is 16.0. The number of carbonyl (C=O) groups is 1. The highest BCUT2D eigenvalue weighted by molar-refractivity contribution is 7.92. The van der Waals surface area contributed by atoms with Gasteiger partial charge in [0.25, 0.3) is 5.91 Å². The first-order valence-corrected chi connectivity index (χ1v) is 11.2. The molecule has 9 heteroatoms. The van der Waals surface area contributed by atoms with Gasteiger partial charge in [0.05, 0.1) is 24.5 Å². The number of anilines is 1. The number of hydrogen-bond acceptors (Lipinski definition) is 5. The Morgan fingerprint density at radius 1 is 1.31 bits per heavy atom. The minimum absolute atomic E-state index is 0.0668. The summed E-state index contributed by atoms with van der Waals surface area (Å²) in [4.78, 5) is 12.5. The molecule has 0 aliphatic carbocycles. The average Bonchev–Trinajstić information content (AvgIpc) is 2.72. The number of amides is 1. The lowest BCUT2D eigenvalue weighted by atomic mass is 10.2. The van der Waals surface area contributed by atoms with E-state index in [1.807, 2.05) is 13.0 Å². The SMILES string of the molecule is CCS(=O)(=O)N1CC(C(=O)NCCOc2ccc(C)c(Cl)c2)Oc2ccccc21. The minimum Gasteiger partial charge on any atom is -0.492 e. The molecule has 1 N–H and O–H groups in total. The van der Waals surface area contributed by atoms with Crippen molar-refractivity contribution in [2.75, 3.05) is 29.8 Å². The summed E-state index contributed by atoms with van der Waals surface area (Å²) in [7, 11) is -3.53. The number of ether oxygens (including phenoxy) is 2. The Morgan fingerprint density at radius 2 is 2.07 bits per heavy atom. The second kappa shape index (κ2) is 8.92. The number of halogens is 1. The van der Waals surface area contributed by atoms with Gasteiger partial charge in [0.2, 0.25) is 10.0 Å². The van der Waals surface area contributed by atoms with Gasteiger partial charge in [0, 0.05) is 5.02 Å². The monoisotopic (exact) mass is 438 g/mol. The Kier molecular flexibility index (Phi) is 6.54. The number of sulfonamides is 1. The molecule has 1 heterocycles. The third kappa shape index (κ3) is 4.94. The summed E-state index contributed by atoms with van der Waals surface area (Å²) < 4.78 is 37.5. The van der Waals surface area contributed by atoms with E-state index >= 15 is 0 Å². The van der Waals surface area contributed by atoms with E-state index in [4.69, 9.17) is 21.1 Å². The first-order chi connectivity index (χ1) is 13.8. The fraction of sp³-hybridized carbons (Fsp3) is 0.350. The third-order valence-corrected chi connectivity index (χ3v) is 6.70. The smallest absolute Gasteiger partial charge is 0.263 e. The fourth-order valence-corrected chi connectivity index (χ4v) is 4.17. The molecule has 1 aliphatic heterocycles. The van der Waals surface area contributed by atoms with Crippen LogP contribution in [0.5, 0.6) is 11.5 Å². The Bertz CT molecular complexity index is 996. The summed E-state index contributed by atoms with van der Waals surface area (Å²) in [6, 6.07) is 12.2. The minimum atomic E-state index is -3.53. The standard InChI is InChI=1S/C20H23ClN2O5S/c1-3-29(25,26)23-13-19(28-18-7-5-4-6-17(18)23)20(24)22-10-11-27-15-9-8-14(2)16(21)12-15/h4-9,12,19H,3,10-11,13H2,1-2H3,(H,22,24). The molecule has 1 unspecified atom stereocenters. The van der Waals surface area contributed by atoms with Gasteiger partial charge in [-0.05, 0) is 43.7 Å². The molecule has 7 nitrogen and oxygen atoms in total. The molecule has 1 atom stereocenters. The number of nitrogens with zero attached hydrogens (tertiary/aromatic N) is 1. The molecule has 29 heavy (non-hydrogen) atoms. The summed E-state index contributed by atoms with van der Waals surface area (Å²) in [5.41, 5.74) is 1.40. The Labute approximate surface area is 175 Å². The average molecular weight is 439 g/mol. The summed E-state index contributed by atoms with van der Waals surface area (Å²) in [5.74, 6) is 0.503. The van der Waals surface area contributed by atoms with E-state index in [1.54, 1.807) is 43.3 Å². The van der Waals surface area contributed by atoms with Crippen LogP contribution in [0.4, 0.5) is 5.69 Å². The van der Waals surface area contributed by atoms with Gasteiger partial charge in [-0.2, -0.15) is 0 Å². The van der Waals surface area contributed by atoms with Crippen molar-refractivity contribution < 1.29 is 22.7 Å². The zero-order valence-corrected chi connectivity index (χ0v) is 17.8. The second-order valence-electron chi connectivity index (χ2n) is 6.56. The molecule has 3 rings (SSSR count). The summed E-state index contributed by atoms with van der Waals surface area (Å²) in [6.07, 6.45) is -0.944. The molecule has 2 aromatic rings. The predicted molar refractivity (Wildman–Crippen MR) is 112 cm³/mol. The molecular weight excluding hydrogens is 416 g/mol. The summed E-state index contributed by atoms with van der Waals surface area (Å²) in [5, 5.41) is 3.34. The molecule has 156 valence electrons. The number of hydrogen-bond donors (Lipinski definition) is 1. The van der Waals surface area contributed by atoms with Crippen molar-refractivity contribution in [1.29, 1.82) is 0 Å². The van der Waals surface area contributed by atoms with Crippen LogP contribution in [0.2, 0.25) is 5.02 Å². The molecule has 0 radical (unpaired) electrons. The predicted octanol–water partition coefficient (Wildman–Crippen LogP) is 2.76. The van der Waals surface area contributed by atoms with Crippen LogP contribution in [0.3, 0.4) is 0 Å². The lowest BCUT2D eigenvalue weighted by Gasteiger charge is -2.34. The van der Waals surface area contributed by atoms with Crippen molar-refractivity contribution in [1.82, 2.24) is 5.32 Å². The van der Waals surface area contributed by atoms with Crippen molar-refractivity contribution >= 4 is 33.2 Å². The van der Waals surface area contributed by atoms with Gasteiger partial charge >= 0.3 is 0 Å². The third-order valence-electron chi connectivity index (χ3n) is 4.54. The van der Waals surface area contributed by atoms with E-state index in [0.717, 1.165) is 5.56 Å². The van der Waals surface area contributed by atoms with Crippen LogP contribution < -0.4 is 19.1 Å². The molecule has 0 fully saturated rings. The molecule has 1 amide bonds. The molecule has 0 spiro atoms. The maximum atomic E-state index is 12.5. The van der Waals surface area contributed by atoms with Crippen molar-refractivity contribution in [3.05, 3.63) is 53.1 Å². The number of benzene rings is 2. The van der Waals surface area contributed by atoms with Gasteiger partial charge in [-0.3, -0.25) is 9.10 Å². The maximum Gasteiger partial charge on any atom is 0.263 e. The lowest BCUT2D eigenvalue weighted by Crippen LogP contribution is -2.51. The zero-order valence-electron chi connectivity index (χ0n) is 16.2. The summed E-state index contributed by atoms with van der Waals surface area (Å²) >= 11 is 6.06. The van der Waals surface area contributed by atoms with Crippen molar-refractivity contribution in [3.63, 3.8) is 0 Å². The Hall–Kier alpha value is -2.45. The van der Waals surface area contributed by atoms with E-state index in [-0.39, 0.29) is 25.4 Å². The second-order valence-corrected chi connectivity index (χ2v) is 9.15. The maximum absolute atomic E-state index is 12.5. The highest BCUT2D eigenvalue weighted by Gasteiger charge is 2.35. The molecule has 0 bridgehead atoms. The topological polar surface area (TPSA) is 84.9 Å². The highest BCUT2D eigenvalue weighted by atomic mass is 35.5. The van der Waals surface area contributed by atoms with Crippen LogP contribution in [0.15, 0.2) is 42.5 Å². The number of rotatable bonds is 7. The number of carbonyl (C=O) groups excluding carboxylic acids is 1. The number of aryl methyl sites for hydroxylation is 1. The van der Waals surface area contributed by atoms with E-state index < -0.39 is 22.0 Å². The van der Waals surface area contributed by atoms with Gasteiger partial charge < -0.3 is 14.8 Å². The van der Waals surface area contributed by atoms with Gasteiger partial charge in [0.1, 0.15) is 18.1 Å². The van der Waals surface area contributed by atoms with Crippen LogP contribution in [0, 0.1) is 6.92 Å². The molecule has 0 saturated carbocycles. The summed E-state index contributed by atoms with van der Waals surface area (Å²) in [6.45, 7) is 3.87. The van der Waals surface area contributed by atoms with Crippen LogP contribution in [0.1, 0.15) is 12.5 Å². The van der Waals surface area contributed by atoms with Gasteiger partial charge in [-0.1, -0.05) is 29.8 Å². The van der Waals surface area contributed by atoms with Crippen molar-refractivity contribution in [2.45, 2.75) is 20.0 Å². The first kappa shape index (κ1) is 21.3. The van der Waals surface area contributed by atoms with Gasteiger partial charge in [-0.25, -0.2) is 8.42 Å². The van der Waals surface area contributed by atoms with Crippen LogP contribution in [-0.4, -0.2) is 45.9 Å². The van der Waals surface area contributed by atoms with Crippen LogP contribution in [0.25, 0.3) is 0 Å².